The van der Waals surface area contributed by atoms with Crippen LogP contribution in [0.1, 0.15) is 6.92 Å². The minimum Gasteiger partial charge on any atom is -0.448 e. The number of rotatable bonds is 5. The summed E-state index contributed by atoms with van der Waals surface area (Å²) in [5.41, 5.74) is 10.2. The van der Waals surface area contributed by atoms with E-state index in [0.717, 1.165) is 0 Å². The van der Waals surface area contributed by atoms with Gasteiger partial charge in [-0.25, -0.2) is 4.79 Å². The van der Waals surface area contributed by atoms with Gasteiger partial charge in [-0.2, -0.15) is 0 Å². The van der Waals surface area contributed by atoms with Crippen molar-refractivity contribution in [3.8, 4) is 0 Å². The van der Waals surface area contributed by atoms with Crippen molar-refractivity contribution >= 4 is 6.09 Å². The van der Waals surface area contributed by atoms with E-state index in [1.165, 1.54) is 0 Å². The van der Waals surface area contributed by atoms with E-state index in [4.69, 9.17) is 11.5 Å². The molecule has 5 nitrogen and oxygen atoms in total. The Morgan fingerprint density at radius 2 is 2.36 bits per heavy atom. The summed E-state index contributed by atoms with van der Waals surface area (Å²) in [6, 6.07) is 0.114. The number of primary amides is 1. The molecule has 0 aromatic heterocycles. The summed E-state index contributed by atoms with van der Waals surface area (Å²) in [7, 11) is 0. The fraction of sp³-hybridized carbons (Fsp3) is 0.833. The molecule has 11 heavy (non-hydrogen) atoms. The van der Waals surface area contributed by atoms with Gasteiger partial charge in [-0.1, -0.05) is 0 Å². The Kier molecular flexibility index (Phi) is 5.50. The molecule has 0 fully saturated rings. The van der Waals surface area contributed by atoms with Gasteiger partial charge in [0.15, 0.2) is 0 Å². The Morgan fingerprint density at radius 3 is 2.82 bits per heavy atom. The number of nitrogens with one attached hydrogen (secondary N) is 1. The van der Waals surface area contributed by atoms with Crippen molar-refractivity contribution in [2.75, 3.05) is 19.7 Å². The van der Waals surface area contributed by atoms with E-state index >= 15 is 0 Å². The zero-order valence-electron chi connectivity index (χ0n) is 6.67. The van der Waals surface area contributed by atoms with Crippen molar-refractivity contribution in [3.05, 3.63) is 0 Å². The Morgan fingerprint density at radius 1 is 1.73 bits per heavy atom. The standard InChI is InChI=1S/C6H15N3O2/c1-5(7)4-9-2-3-11-6(8)10/h5,9H,2-4,7H2,1H3,(H2,8,10). The molecule has 5 N–H and O–H groups in total. The van der Waals surface area contributed by atoms with Gasteiger partial charge in [-0.05, 0) is 6.92 Å². The Bertz CT molecular complexity index is 116. The summed E-state index contributed by atoms with van der Waals surface area (Å²) < 4.78 is 4.46. The molecule has 1 unspecified atom stereocenters. The van der Waals surface area contributed by atoms with E-state index in [0.29, 0.717) is 19.7 Å². The summed E-state index contributed by atoms with van der Waals surface area (Å²) in [5, 5.41) is 2.98. The molecular weight excluding hydrogens is 146 g/mol. The van der Waals surface area contributed by atoms with Crippen molar-refractivity contribution < 1.29 is 9.53 Å². The van der Waals surface area contributed by atoms with E-state index in [2.05, 4.69) is 10.1 Å². The highest BCUT2D eigenvalue weighted by molar-refractivity contribution is 5.64. The molecule has 0 rings (SSSR count). The molecule has 0 saturated heterocycles. The molecule has 0 aromatic carbocycles. The van der Waals surface area contributed by atoms with Gasteiger partial charge >= 0.3 is 6.09 Å². The molecule has 0 aliphatic heterocycles. The van der Waals surface area contributed by atoms with Crippen LogP contribution in [0.25, 0.3) is 0 Å². The summed E-state index contributed by atoms with van der Waals surface area (Å²) in [4.78, 5) is 10.0. The smallest absolute Gasteiger partial charge is 0.404 e. The predicted molar refractivity (Wildman–Crippen MR) is 42.1 cm³/mol. The maximum Gasteiger partial charge on any atom is 0.404 e. The van der Waals surface area contributed by atoms with Crippen LogP contribution >= 0.6 is 0 Å². The van der Waals surface area contributed by atoms with Gasteiger partial charge in [0.05, 0.1) is 0 Å². The highest BCUT2D eigenvalue weighted by Crippen LogP contribution is 1.73. The molecular formula is C6H15N3O2. The molecule has 0 heterocycles. The molecule has 66 valence electrons. The van der Waals surface area contributed by atoms with Crippen LogP contribution in [0.15, 0.2) is 0 Å². The van der Waals surface area contributed by atoms with Gasteiger partial charge in [0, 0.05) is 19.1 Å². The number of carbonyl (C=O) groups excluding carboxylic acids is 1. The Labute approximate surface area is 66.1 Å². The van der Waals surface area contributed by atoms with E-state index in [9.17, 15) is 4.79 Å². The van der Waals surface area contributed by atoms with E-state index in [1.54, 1.807) is 0 Å². The summed E-state index contributed by atoms with van der Waals surface area (Å²) in [6.45, 7) is 3.48. The van der Waals surface area contributed by atoms with Gasteiger partial charge in [0.2, 0.25) is 0 Å². The van der Waals surface area contributed by atoms with Crippen molar-refractivity contribution in [2.45, 2.75) is 13.0 Å². The lowest BCUT2D eigenvalue weighted by molar-refractivity contribution is 0.157. The second-order valence-corrected chi connectivity index (χ2v) is 2.35. The number of hydrogen-bond donors (Lipinski definition) is 3. The molecule has 5 heteroatoms. The molecule has 0 spiro atoms. The Hall–Kier alpha value is -0.810. The van der Waals surface area contributed by atoms with Crippen LogP contribution in [0.5, 0.6) is 0 Å². The fourth-order valence-corrected chi connectivity index (χ4v) is 0.554. The summed E-state index contributed by atoms with van der Waals surface area (Å²) in [5.74, 6) is 0. The third kappa shape index (κ3) is 9.19. The minimum atomic E-state index is -0.743. The van der Waals surface area contributed by atoms with E-state index in [-0.39, 0.29) is 6.04 Å². The number of ether oxygens (including phenoxy) is 1. The lowest BCUT2D eigenvalue weighted by atomic mass is 10.4. The van der Waals surface area contributed by atoms with Gasteiger partial charge in [0.25, 0.3) is 0 Å². The molecule has 0 aliphatic carbocycles. The van der Waals surface area contributed by atoms with Crippen LogP contribution in [-0.2, 0) is 4.74 Å². The fourth-order valence-electron chi connectivity index (χ4n) is 0.554. The highest BCUT2D eigenvalue weighted by Gasteiger charge is 1.94. The Balaban J connectivity index is 2.97. The van der Waals surface area contributed by atoms with Crippen molar-refractivity contribution in [2.24, 2.45) is 11.5 Å². The molecule has 1 atom stereocenters. The van der Waals surface area contributed by atoms with Crippen molar-refractivity contribution in [3.63, 3.8) is 0 Å². The molecule has 0 bridgehead atoms. The normalized spacial score (nSPS) is 12.5. The van der Waals surface area contributed by atoms with Crippen LogP contribution in [0.4, 0.5) is 4.79 Å². The molecule has 0 radical (unpaired) electrons. The quantitative estimate of drug-likeness (QED) is 0.452. The number of amides is 1. The van der Waals surface area contributed by atoms with Crippen LogP contribution in [-0.4, -0.2) is 31.8 Å². The molecule has 0 aliphatic rings. The zero-order valence-corrected chi connectivity index (χ0v) is 6.67. The predicted octanol–water partition coefficient (Wildman–Crippen LogP) is -0.981. The number of carbonyl (C=O) groups is 1. The topological polar surface area (TPSA) is 90.4 Å². The molecule has 1 amide bonds. The second-order valence-electron chi connectivity index (χ2n) is 2.35. The lowest BCUT2D eigenvalue weighted by Gasteiger charge is -2.06. The first kappa shape index (κ1) is 10.2. The highest BCUT2D eigenvalue weighted by atomic mass is 16.5. The number of nitrogens with two attached hydrogens (primary N) is 2. The SMILES string of the molecule is CC(N)CNCCOC(N)=O. The van der Waals surface area contributed by atoms with Gasteiger partial charge in [-0.15, -0.1) is 0 Å². The van der Waals surface area contributed by atoms with Crippen molar-refractivity contribution in [1.29, 1.82) is 0 Å². The third-order valence-electron chi connectivity index (χ3n) is 0.989. The largest absolute Gasteiger partial charge is 0.448 e. The first-order valence-corrected chi connectivity index (χ1v) is 3.51. The first-order valence-electron chi connectivity index (χ1n) is 3.51. The minimum absolute atomic E-state index is 0.114. The van der Waals surface area contributed by atoms with Crippen LogP contribution in [0.2, 0.25) is 0 Å². The summed E-state index contributed by atoms with van der Waals surface area (Å²) in [6.07, 6.45) is -0.743. The lowest BCUT2D eigenvalue weighted by Crippen LogP contribution is -2.33. The number of hydrogen-bond acceptors (Lipinski definition) is 4. The third-order valence-corrected chi connectivity index (χ3v) is 0.989. The van der Waals surface area contributed by atoms with Crippen LogP contribution in [0.3, 0.4) is 0 Å². The first-order chi connectivity index (χ1) is 5.13. The van der Waals surface area contributed by atoms with Gasteiger partial charge < -0.3 is 21.5 Å². The van der Waals surface area contributed by atoms with Crippen LogP contribution < -0.4 is 16.8 Å². The molecule has 0 aromatic rings. The monoisotopic (exact) mass is 161 g/mol. The van der Waals surface area contributed by atoms with Crippen LogP contribution in [0, 0.1) is 0 Å². The zero-order chi connectivity index (χ0) is 8.69. The van der Waals surface area contributed by atoms with Gasteiger partial charge in [-0.3, -0.25) is 0 Å². The molecule has 0 saturated carbocycles. The van der Waals surface area contributed by atoms with Crippen molar-refractivity contribution in [1.82, 2.24) is 5.32 Å². The average Bonchev–Trinajstić information content (AvgIpc) is 1.85. The van der Waals surface area contributed by atoms with Gasteiger partial charge in [0.1, 0.15) is 6.61 Å². The summed E-state index contributed by atoms with van der Waals surface area (Å²) >= 11 is 0. The van der Waals surface area contributed by atoms with E-state index in [1.807, 2.05) is 6.92 Å². The maximum absolute atomic E-state index is 10.0. The average molecular weight is 161 g/mol. The second kappa shape index (κ2) is 5.94. The maximum atomic E-state index is 10.0. The van der Waals surface area contributed by atoms with E-state index < -0.39 is 6.09 Å².